The van der Waals surface area contributed by atoms with Crippen LogP contribution in [0.25, 0.3) is 83.3 Å². The predicted octanol–water partition coefficient (Wildman–Crippen LogP) is 12.7. The van der Waals surface area contributed by atoms with Gasteiger partial charge in [0.05, 0.1) is 0 Å². The van der Waals surface area contributed by atoms with Crippen LogP contribution in [0.5, 0.6) is 0 Å². The van der Waals surface area contributed by atoms with Crippen molar-refractivity contribution in [2.45, 2.75) is 12.3 Å². The van der Waals surface area contributed by atoms with Gasteiger partial charge in [0.2, 0.25) is 0 Å². The Bertz CT molecular complexity index is 2850. The molecule has 7 aromatic carbocycles. The van der Waals surface area contributed by atoms with Crippen molar-refractivity contribution in [2.24, 2.45) is 0 Å². The third-order valence-corrected chi connectivity index (χ3v) is 10.3. The van der Waals surface area contributed by atoms with Crippen LogP contribution in [0.2, 0.25) is 0 Å². The van der Waals surface area contributed by atoms with Crippen molar-refractivity contribution < 1.29 is 4.42 Å². The molecule has 2 aromatic heterocycles. The van der Waals surface area contributed by atoms with Gasteiger partial charge in [0, 0.05) is 33.4 Å². The smallest absolute Gasteiger partial charge is 0.164 e. The molecular weight excluding hydrogens is 647 g/mol. The fourth-order valence-corrected chi connectivity index (χ4v) is 7.62. The highest BCUT2D eigenvalue weighted by Gasteiger charge is 2.22. The van der Waals surface area contributed by atoms with E-state index >= 15 is 0 Å². The maximum atomic E-state index is 6.70. The summed E-state index contributed by atoms with van der Waals surface area (Å²) in [6.45, 7) is 0. The summed E-state index contributed by atoms with van der Waals surface area (Å²) < 4.78 is 6.70. The molecule has 1 unspecified atom stereocenters. The van der Waals surface area contributed by atoms with E-state index in [0.29, 0.717) is 11.6 Å². The number of hydrogen-bond acceptors (Lipinski definition) is 4. The molecule has 4 nitrogen and oxygen atoms in total. The van der Waals surface area contributed by atoms with E-state index in [4.69, 9.17) is 19.4 Å². The zero-order chi connectivity index (χ0) is 35.1. The minimum Gasteiger partial charge on any atom is -0.455 e. The zero-order valence-corrected chi connectivity index (χ0v) is 28.9. The van der Waals surface area contributed by atoms with Crippen LogP contribution >= 0.6 is 0 Å². The highest BCUT2D eigenvalue weighted by molar-refractivity contribution is 6.15. The molecule has 0 spiro atoms. The van der Waals surface area contributed by atoms with Crippen LogP contribution in [0.1, 0.15) is 23.7 Å². The van der Waals surface area contributed by atoms with Crippen LogP contribution in [0, 0.1) is 0 Å². The maximum Gasteiger partial charge on any atom is 0.164 e. The molecule has 4 heteroatoms. The number of furan rings is 1. The highest BCUT2D eigenvalue weighted by Crippen LogP contribution is 2.41. The summed E-state index contributed by atoms with van der Waals surface area (Å²) in [6, 6.07) is 57.0. The van der Waals surface area contributed by atoms with Crippen LogP contribution in [0.4, 0.5) is 0 Å². The van der Waals surface area contributed by atoms with Gasteiger partial charge in [0.1, 0.15) is 17.0 Å². The molecule has 0 radical (unpaired) electrons. The van der Waals surface area contributed by atoms with E-state index in [0.717, 1.165) is 56.4 Å². The van der Waals surface area contributed by atoms with Gasteiger partial charge in [0.15, 0.2) is 11.6 Å². The van der Waals surface area contributed by atoms with Crippen molar-refractivity contribution in [1.29, 1.82) is 0 Å². The predicted molar refractivity (Wildman–Crippen MR) is 217 cm³/mol. The highest BCUT2D eigenvalue weighted by atomic mass is 16.3. The van der Waals surface area contributed by atoms with Crippen LogP contribution < -0.4 is 0 Å². The molecule has 1 aliphatic carbocycles. The standard InChI is InChI=1S/C49H33N3O/c1-3-12-32(13-4-1)33-24-30-38(31-25-33)48-50-47(37-15-5-2-6-16-37)51-49(52-48)43-22-11-23-44-45(43)42-21-10-20-41(46(42)53-44)36-28-26-35(27-29-36)40-19-9-17-34-14-7-8-18-39(34)40/h1-30,38H,31H2. The number of benzene rings is 7. The van der Waals surface area contributed by atoms with Crippen molar-refractivity contribution in [3.63, 3.8) is 0 Å². The number of nitrogens with zero attached hydrogens (tertiary/aromatic N) is 3. The van der Waals surface area contributed by atoms with Crippen molar-refractivity contribution in [1.82, 2.24) is 15.0 Å². The fraction of sp³-hybridized carbons (Fsp3) is 0.0408. The number of rotatable bonds is 6. The Balaban J connectivity index is 1.07. The van der Waals surface area contributed by atoms with Gasteiger partial charge in [-0.3, -0.25) is 0 Å². The van der Waals surface area contributed by atoms with E-state index in [1.54, 1.807) is 0 Å². The van der Waals surface area contributed by atoms with Gasteiger partial charge in [0.25, 0.3) is 0 Å². The molecular formula is C49H33N3O. The van der Waals surface area contributed by atoms with Gasteiger partial charge in [-0.05, 0) is 51.1 Å². The SMILES string of the molecule is C1=CC(c2nc(-c3ccccc3)nc(-c3cccc4oc5c(-c6ccc(-c7cccc8ccccc78)cc6)cccc5c34)n2)CC=C1c1ccccc1. The first kappa shape index (κ1) is 30.9. The van der Waals surface area contributed by atoms with Crippen molar-refractivity contribution >= 4 is 38.3 Å². The number of para-hydroxylation sites is 1. The van der Waals surface area contributed by atoms with E-state index in [-0.39, 0.29) is 5.92 Å². The van der Waals surface area contributed by atoms with Crippen LogP contribution in [0.3, 0.4) is 0 Å². The van der Waals surface area contributed by atoms with Crippen LogP contribution in [-0.2, 0) is 0 Å². The van der Waals surface area contributed by atoms with Crippen molar-refractivity contribution in [3.8, 4) is 45.0 Å². The van der Waals surface area contributed by atoms with Gasteiger partial charge in [-0.25, -0.2) is 15.0 Å². The molecule has 0 N–H and O–H groups in total. The van der Waals surface area contributed by atoms with Crippen molar-refractivity contribution in [2.75, 3.05) is 0 Å². The van der Waals surface area contributed by atoms with E-state index < -0.39 is 0 Å². The summed E-state index contributed by atoms with van der Waals surface area (Å²) in [6.07, 6.45) is 7.50. The first-order valence-corrected chi connectivity index (χ1v) is 18.1. The molecule has 0 fully saturated rings. The monoisotopic (exact) mass is 679 g/mol. The Labute approximate surface area is 307 Å². The fourth-order valence-electron chi connectivity index (χ4n) is 7.62. The van der Waals surface area contributed by atoms with E-state index in [1.165, 1.54) is 33.0 Å². The average Bonchev–Trinajstić information content (AvgIpc) is 3.63. The summed E-state index contributed by atoms with van der Waals surface area (Å²) in [5, 5.41) is 4.52. The molecule has 2 heterocycles. The molecule has 250 valence electrons. The lowest BCUT2D eigenvalue weighted by Crippen LogP contribution is -2.08. The lowest BCUT2D eigenvalue weighted by molar-refractivity contribution is 0.670. The summed E-state index contributed by atoms with van der Waals surface area (Å²) in [5.74, 6) is 2.08. The lowest BCUT2D eigenvalue weighted by Gasteiger charge is -2.17. The second-order valence-electron chi connectivity index (χ2n) is 13.5. The first-order chi connectivity index (χ1) is 26.3. The quantitative estimate of drug-likeness (QED) is 0.175. The minimum absolute atomic E-state index is 0.0235. The van der Waals surface area contributed by atoms with E-state index in [1.807, 2.05) is 36.4 Å². The lowest BCUT2D eigenvalue weighted by atomic mass is 9.92. The second-order valence-corrected chi connectivity index (χ2v) is 13.5. The third-order valence-electron chi connectivity index (χ3n) is 10.3. The summed E-state index contributed by atoms with van der Waals surface area (Å²) in [4.78, 5) is 15.3. The molecule has 0 amide bonds. The summed E-state index contributed by atoms with van der Waals surface area (Å²) >= 11 is 0. The Morgan fingerprint density at radius 1 is 0.472 bits per heavy atom. The number of hydrogen-bond donors (Lipinski definition) is 0. The molecule has 1 atom stereocenters. The van der Waals surface area contributed by atoms with Gasteiger partial charge >= 0.3 is 0 Å². The Morgan fingerprint density at radius 3 is 1.89 bits per heavy atom. The van der Waals surface area contributed by atoms with E-state index in [9.17, 15) is 0 Å². The molecule has 0 aliphatic heterocycles. The second kappa shape index (κ2) is 13.0. The Kier molecular flexibility index (Phi) is 7.58. The molecule has 0 saturated heterocycles. The van der Waals surface area contributed by atoms with Gasteiger partial charge in [-0.2, -0.15) is 0 Å². The number of allylic oxidation sites excluding steroid dienone is 4. The minimum atomic E-state index is 0.0235. The number of fused-ring (bicyclic) bond motifs is 4. The number of aromatic nitrogens is 3. The molecule has 53 heavy (non-hydrogen) atoms. The van der Waals surface area contributed by atoms with Gasteiger partial charge in [-0.15, -0.1) is 0 Å². The topological polar surface area (TPSA) is 51.8 Å². The first-order valence-electron chi connectivity index (χ1n) is 18.1. The molecule has 1 aliphatic rings. The molecule has 0 saturated carbocycles. The van der Waals surface area contributed by atoms with E-state index in [2.05, 4.69) is 146 Å². The summed E-state index contributed by atoms with van der Waals surface area (Å²) in [7, 11) is 0. The van der Waals surface area contributed by atoms with Gasteiger partial charge < -0.3 is 4.42 Å². The normalized spacial score (nSPS) is 14.2. The zero-order valence-electron chi connectivity index (χ0n) is 28.9. The van der Waals surface area contributed by atoms with Crippen molar-refractivity contribution in [3.05, 3.63) is 193 Å². The Morgan fingerprint density at radius 2 is 1.09 bits per heavy atom. The van der Waals surface area contributed by atoms with Gasteiger partial charge in [-0.1, -0.05) is 176 Å². The van der Waals surface area contributed by atoms with Crippen LogP contribution in [0.15, 0.2) is 186 Å². The average molecular weight is 680 g/mol. The third kappa shape index (κ3) is 5.62. The summed E-state index contributed by atoms with van der Waals surface area (Å²) in [5.41, 5.74) is 10.5. The van der Waals surface area contributed by atoms with Crippen LogP contribution in [-0.4, -0.2) is 15.0 Å². The Hall–Kier alpha value is -6.91. The maximum absolute atomic E-state index is 6.70. The molecule has 0 bridgehead atoms. The molecule has 10 rings (SSSR count). The molecule has 9 aromatic rings. The largest absolute Gasteiger partial charge is 0.455 e.